The normalized spacial score (nSPS) is 12.4. The van der Waals surface area contributed by atoms with Gasteiger partial charge in [-0.15, -0.1) is 11.3 Å². The summed E-state index contributed by atoms with van der Waals surface area (Å²) >= 11 is 1.81. The molecule has 2 nitrogen and oxygen atoms in total. The highest BCUT2D eigenvalue weighted by molar-refractivity contribution is 7.09. The average molecular weight is 274 g/mol. The Labute approximate surface area is 119 Å². The number of anilines is 1. The van der Waals surface area contributed by atoms with Crippen LogP contribution < -0.4 is 10.6 Å². The maximum absolute atomic E-state index is 5.95. The summed E-state index contributed by atoms with van der Waals surface area (Å²) in [7, 11) is 0. The summed E-state index contributed by atoms with van der Waals surface area (Å²) < 4.78 is 0. The quantitative estimate of drug-likeness (QED) is 0.871. The molecule has 3 heteroatoms. The van der Waals surface area contributed by atoms with Crippen LogP contribution in [0, 0.1) is 0 Å². The smallest absolute Gasteiger partial charge is 0.0522 e. The molecule has 0 saturated carbocycles. The van der Waals surface area contributed by atoms with Crippen LogP contribution >= 0.6 is 11.3 Å². The molecule has 0 radical (unpaired) electrons. The molecule has 102 valence electrons. The van der Waals surface area contributed by atoms with Crippen LogP contribution in [0.25, 0.3) is 0 Å². The predicted molar refractivity (Wildman–Crippen MR) is 84.8 cm³/mol. The van der Waals surface area contributed by atoms with Gasteiger partial charge in [-0.05, 0) is 43.3 Å². The van der Waals surface area contributed by atoms with Gasteiger partial charge in [0.05, 0.1) is 6.54 Å². The van der Waals surface area contributed by atoms with Crippen LogP contribution in [-0.4, -0.2) is 12.6 Å². The van der Waals surface area contributed by atoms with Gasteiger partial charge >= 0.3 is 0 Å². The molecule has 0 amide bonds. The van der Waals surface area contributed by atoms with Crippen molar-refractivity contribution in [1.29, 1.82) is 0 Å². The van der Waals surface area contributed by atoms with Crippen molar-refractivity contribution >= 4 is 17.0 Å². The summed E-state index contributed by atoms with van der Waals surface area (Å²) in [6.07, 6.45) is 0.928. The van der Waals surface area contributed by atoms with E-state index >= 15 is 0 Å². The number of nitrogens with zero attached hydrogens (tertiary/aromatic N) is 1. The number of benzene rings is 1. The second-order valence-electron chi connectivity index (χ2n) is 4.90. The molecule has 0 aliphatic heterocycles. The molecule has 19 heavy (non-hydrogen) atoms. The molecular formula is C16H22N2S. The lowest BCUT2D eigenvalue weighted by molar-refractivity contribution is 0.730. The van der Waals surface area contributed by atoms with Gasteiger partial charge in [0, 0.05) is 23.2 Å². The van der Waals surface area contributed by atoms with E-state index in [1.165, 1.54) is 16.1 Å². The van der Waals surface area contributed by atoms with Crippen LogP contribution in [0.4, 0.5) is 5.69 Å². The lowest BCUT2D eigenvalue weighted by atomic mass is 10.0. The molecule has 2 aromatic rings. The molecule has 0 bridgehead atoms. The van der Waals surface area contributed by atoms with Crippen LogP contribution in [0.15, 0.2) is 41.8 Å². The van der Waals surface area contributed by atoms with Crippen molar-refractivity contribution in [2.75, 3.05) is 11.4 Å². The maximum Gasteiger partial charge on any atom is 0.0522 e. The van der Waals surface area contributed by atoms with Crippen molar-refractivity contribution in [2.24, 2.45) is 5.73 Å². The van der Waals surface area contributed by atoms with E-state index in [-0.39, 0.29) is 6.04 Å². The van der Waals surface area contributed by atoms with E-state index in [1.54, 1.807) is 0 Å². The molecule has 1 aromatic heterocycles. The van der Waals surface area contributed by atoms with E-state index in [1.807, 2.05) is 11.3 Å². The Kier molecular flexibility index (Phi) is 5.00. The minimum absolute atomic E-state index is 0.196. The average Bonchev–Trinajstić information content (AvgIpc) is 2.89. The Bertz CT molecular complexity index is 491. The van der Waals surface area contributed by atoms with Crippen molar-refractivity contribution in [1.82, 2.24) is 0 Å². The van der Waals surface area contributed by atoms with Gasteiger partial charge in [-0.3, -0.25) is 0 Å². The lowest BCUT2D eigenvalue weighted by Crippen LogP contribution is -2.25. The summed E-state index contributed by atoms with van der Waals surface area (Å²) in [5, 5.41) is 2.14. The lowest BCUT2D eigenvalue weighted by Gasteiger charge is -2.26. The molecule has 0 aliphatic carbocycles. The number of para-hydroxylation sites is 1. The van der Waals surface area contributed by atoms with Crippen molar-refractivity contribution in [2.45, 2.75) is 32.9 Å². The Morgan fingerprint density at radius 2 is 2.00 bits per heavy atom. The molecule has 2 rings (SSSR count). The molecule has 0 spiro atoms. The predicted octanol–water partition coefficient (Wildman–Crippen LogP) is 3.66. The summed E-state index contributed by atoms with van der Waals surface area (Å²) in [6, 6.07) is 13.1. The van der Waals surface area contributed by atoms with Crippen molar-refractivity contribution in [3.05, 3.63) is 52.2 Å². The van der Waals surface area contributed by atoms with Gasteiger partial charge < -0.3 is 10.6 Å². The highest BCUT2D eigenvalue weighted by Gasteiger charge is 2.11. The fourth-order valence-electron chi connectivity index (χ4n) is 2.30. The van der Waals surface area contributed by atoms with Crippen LogP contribution in [0.2, 0.25) is 0 Å². The number of thiophene rings is 1. The number of hydrogen-bond donors (Lipinski definition) is 1. The van der Waals surface area contributed by atoms with Gasteiger partial charge in [0.25, 0.3) is 0 Å². The SMILES string of the molecule is CCN(Cc1cccs1)c1ccccc1CC(C)N. The van der Waals surface area contributed by atoms with Gasteiger partial charge in [-0.2, -0.15) is 0 Å². The summed E-state index contributed by atoms with van der Waals surface area (Å²) in [5.41, 5.74) is 8.61. The molecular weight excluding hydrogens is 252 g/mol. The molecule has 0 fully saturated rings. The summed E-state index contributed by atoms with van der Waals surface area (Å²) in [4.78, 5) is 3.82. The molecule has 1 unspecified atom stereocenters. The van der Waals surface area contributed by atoms with Crippen molar-refractivity contribution < 1.29 is 0 Å². The first-order valence-electron chi connectivity index (χ1n) is 6.81. The van der Waals surface area contributed by atoms with E-state index in [2.05, 4.69) is 60.5 Å². The largest absolute Gasteiger partial charge is 0.366 e. The highest BCUT2D eigenvalue weighted by atomic mass is 32.1. The van der Waals surface area contributed by atoms with Crippen LogP contribution in [0.1, 0.15) is 24.3 Å². The third kappa shape index (κ3) is 3.82. The van der Waals surface area contributed by atoms with Gasteiger partial charge in [0.15, 0.2) is 0 Å². The zero-order chi connectivity index (χ0) is 13.7. The number of nitrogens with two attached hydrogens (primary N) is 1. The minimum Gasteiger partial charge on any atom is -0.366 e. The summed E-state index contributed by atoms with van der Waals surface area (Å²) in [5.74, 6) is 0. The van der Waals surface area contributed by atoms with E-state index in [9.17, 15) is 0 Å². The van der Waals surface area contributed by atoms with Crippen molar-refractivity contribution in [3.63, 3.8) is 0 Å². The molecule has 1 atom stereocenters. The van der Waals surface area contributed by atoms with Gasteiger partial charge in [-0.1, -0.05) is 24.3 Å². The third-order valence-electron chi connectivity index (χ3n) is 3.18. The Morgan fingerprint density at radius 1 is 1.21 bits per heavy atom. The topological polar surface area (TPSA) is 29.3 Å². The molecule has 1 heterocycles. The molecule has 0 aliphatic rings. The Hall–Kier alpha value is -1.32. The van der Waals surface area contributed by atoms with Crippen molar-refractivity contribution in [3.8, 4) is 0 Å². The molecule has 0 saturated heterocycles. The second-order valence-corrected chi connectivity index (χ2v) is 5.94. The summed E-state index contributed by atoms with van der Waals surface area (Å²) in [6.45, 7) is 6.25. The van der Waals surface area contributed by atoms with E-state index in [4.69, 9.17) is 5.73 Å². The van der Waals surface area contributed by atoms with Gasteiger partial charge in [0.1, 0.15) is 0 Å². The number of rotatable bonds is 6. The highest BCUT2D eigenvalue weighted by Crippen LogP contribution is 2.24. The van der Waals surface area contributed by atoms with Gasteiger partial charge in [0.2, 0.25) is 0 Å². The molecule has 1 aromatic carbocycles. The van der Waals surface area contributed by atoms with Gasteiger partial charge in [-0.25, -0.2) is 0 Å². The van der Waals surface area contributed by atoms with Crippen LogP contribution in [-0.2, 0) is 13.0 Å². The Balaban J connectivity index is 2.22. The van der Waals surface area contributed by atoms with Crippen LogP contribution in [0.3, 0.4) is 0 Å². The zero-order valence-corrected chi connectivity index (χ0v) is 12.5. The maximum atomic E-state index is 5.95. The van der Waals surface area contributed by atoms with Crippen LogP contribution in [0.5, 0.6) is 0 Å². The zero-order valence-electron chi connectivity index (χ0n) is 11.7. The number of hydrogen-bond acceptors (Lipinski definition) is 3. The second kappa shape index (κ2) is 6.73. The van der Waals surface area contributed by atoms with E-state index in [0.29, 0.717) is 0 Å². The van der Waals surface area contributed by atoms with E-state index in [0.717, 1.165) is 19.5 Å². The third-order valence-corrected chi connectivity index (χ3v) is 4.04. The standard InChI is InChI=1S/C16H22N2S/c1-3-18(12-15-8-6-10-19-15)16-9-5-4-7-14(16)11-13(2)17/h4-10,13H,3,11-12,17H2,1-2H3. The Morgan fingerprint density at radius 3 is 2.63 bits per heavy atom. The first-order chi connectivity index (χ1) is 9.20. The first-order valence-corrected chi connectivity index (χ1v) is 7.69. The van der Waals surface area contributed by atoms with E-state index < -0.39 is 0 Å². The molecule has 2 N–H and O–H groups in total. The fourth-order valence-corrected chi connectivity index (χ4v) is 3.02. The first kappa shape index (κ1) is 14.1. The fraction of sp³-hybridized carbons (Fsp3) is 0.375. The monoisotopic (exact) mass is 274 g/mol. The minimum atomic E-state index is 0.196.